The van der Waals surface area contributed by atoms with Crippen LogP contribution in [0.5, 0.6) is 0 Å². The Balaban J connectivity index is 2.11. The summed E-state index contributed by atoms with van der Waals surface area (Å²) < 4.78 is 0. The Kier molecular flexibility index (Phi) is 3.00. The fourth-order valence-corrected chi connectivity index (χ4v) is 2.25. The number of hydrogen-bond donors (Lipinski definition) is 1. The molecular weight excluding hydrogens is 212 g/mol. The molecule has 70 valence electrons. The molecule has 14 heavy (non-hydrogen) atoms. The second kappa shape index (κ2) is 4.43. The number of thiophene rings is 2. The van der Waals surface area contributed by atoms with E-state index in [4.69, 9.17) is 0 Å². The van der Waals surface area contributed by atoms with E-state index >= 15 is 0 Å². The molecule has 0 aliphatic heterocycles. The second-order valence-corrected chi connectivity index (χ2v) is 4.59. The first kappa shape index (κ1) is 9.47. The highest BCUT2D eigenvalue weighted by atomic mass is 32.1. The fourth-order valence-electron chi connectivity index (χ4n) is 1.01. The first-order valence-electron chi connectivity index (χ1n) is 4.13. The summed E-state index contributed by atoms with van der Waals surface area (Å²) in [6.45, 7) is 0. The van der Waals surface area contributed by atoms with Crippen molar-refractivity contribution in [3.63, 3.8) is 0 Å². The molecule has 2 heterocycles. The third-order valence-corrected chi connectivity index (χ3v) is 3.38. The largest absolute Gasteiger partial charge is 0.375 e. The Hall–Kier alpha value is -1.08. The molecule has 0 fully saturated rings. The maximum Gasteiger partial charge on any atom is 0.149 e. The molecule has 2 aromatic rings. The Morgan fingerprint density at radius 1 is 1.14 bits per heavy atom. The summed E-state index contributed by atoms with van der Waals surface area (Å²) in [6.07, 6.45) is -0.655. The molecule has 0 aliphatic carbocycles. The van der Waals surface area contributed by atoms with E-state index in [2.05, 4.69) is 11.8 Å². The van der Waals surface area contributed by atoms with Crippen LogP contribution >= 0.6 is 22.7 Å². The molecule has 1 N–H and O–H groups in total. The summed E-state index contributed by atoms with van der Waals surface area (Å²) in [6, 6.07) is 7.69. The van der Waals surface area contributed by atoms with Gasteiger partial charge in [-0.2, -0.15) is 0 Å². The minimum absolute atomic E-state index is 0.655. The minimum Gasteiger partial charge on any atom is -0.375 e. The number of hydrogen-bond acceptors (Lipinski definition) is 3. The third-order valence-electron chi connectivity index (χ3n) is 1.67. The molecule has 2 aromatic heterocycles. The lowest BCUT2D eigenvalue weighted by Crippen LogP contribution is -1.88. The van der Waals surface area contributed by atoms with Crippen LogP contribution in [-0.4, -0.2) is 5.11 Å². The highest BCUT2D eigenvalue weighted by molar-refractivity contribution is 7.10. The van der Waals surface area contributed by atoms with Gasteiger partial charge in [-0.15, -0.1) is 22.7 Å². The average molecular weight is 220 g/mol. The van der Waals surface area contributed by atoms with Crippen LogP contribution in [0.2, 0.25) is 0 Å². The van der Waals surface area contributed by atoms with Crippen molar-refractivity contribution in [1.82, 2.24) is 0 Å². The molecule has 1 atom stereocenters. The molecular formula is C11H8OS2. The van der Waals surface area contributed by atoms with Crippen LogP contribution in [0.3, 0.4) is 0 Å². The maximum absolute atomic E-state index is 9.65. The quantitative estimate of drug-likeness (QED) is 0.733. The highest BCUT2D eigenvalue weighted by Gasteiger charge is 2.02. The van der Waals surface area contributed by atoms with Crippen molar-refractivity contribution in [2.24, 2.45) is 0 Å². The Morgan fingerprint density at radius 3 is 2.57 bits per heavy atom. The zero-order valence-corrected chi connectivity index (χ0v) is 8.94. The topological polar surface area (TPSA) is 20.2 Å². The van der Waals surface area contributed by atoms with Crippen LogP contribution in [0.4, 0.5) is 0 Å². The highest BCUT2D eigenvalue weighted by Crippen LogP contribution is 2.18. The first-order valence-corrected chi connectivity index (χ1v) is 5.89. The van der Waals surface area contributed by atoms with E-state index in [0.717, 1.165) is 9.75 Å². The van der Waals surface area contributed by atoms with E-state index in [1.165, 1.54) is 11.3 Å². The monoisotopic (exact) mass is 220 g/mol. The van der Waals surface area contributed by atoms with Gasteiger partial charge in [0.15, 0.2) is 0 Å². The van der Waals surface area contributed by atoms with Gasteiger partial charge in [-0.3, -0.25) is 0 Å². The lowest BCUT2D eigenvalue weighted by Gasteiger charge is -1.96. The van der Waals surface area contributed by atoms with E-state index < -0.39 is 6.10 Å². The van der Waals surface area contributed by atoms with E-state index in [1.54, 1.807) is 11.3 Å². The molecule has 0 bridgehead atoms. The SMILES string of the molecule is OC(C#Cc1cccs1)c1cccs1. The first-order chi connectivity index (χ1) is 6.86. The molecule has 0 saturated heterocycles. The van der Waals surface area contributed by atoms with Crippen molar-refractivity contribution in [3.8, 4) is 11.8 Å². The summed E-state index contributed by atoms with van der Waals surface area (Å²) in [5.74, 6) is 5.75. The van der Waals surface area contributed by atoms with E-state index in [1.807, 2.05) is 35.0 Å². The van der Waals surface area contributed by atoms with E-state index in [9.17, 15) is 5.11 Å². The summed E-state index contributed by atoms with van der Waals surface area (Å²) in [5.41, 5.74) is 0. The van der Waals surface area contributed by atoms with Gasteiger partial charge in [0.1, 0.15) is 6.10 Å². The molecule has 0 amide bonds. The smallest absolute Gasteiger partial charge is 0.149 e. The van der Waals surface area contributed by atoms with Gasteiger partial charge in [0.2, 0.25) is 0 Å². The van der Waals surface area contributed by atoms with Gasteiger partial charge in [-0.1, -0.05) is 24.0 Å². The van der Waals surface area contributed by atoms with Crippen molar-refractivity contribution in [3.05, 3.63) is 44.8 Å². The summed E-state index contributed by atoms with van der Waals surface area (Å²) in [5, 5.41) is 13.6. The second-order valence-electron chi connectivity index (χ2n) is 2.66. The van der Waals surface area contributed by atoms with E-state index in [0.29, 0.717) is 0 Å². The molecule has 0 saturated carbocycles. The predicted octanol–water partition coefficient (Wildman–Crippen LogP) is 2.89. The molecule has 3 heteroatoms. The van der Waals surface area contributed by atoms with Gasteiger partial charge in [0.05, 0.1) is 4.88 Å². The van der Waals surface area contributed by atoms with Crippen molar-refractivity contribution >= 4 is 22.7 Å². The van der Waals surface area contributed by atoms with Gasteiger partial charge in [-0.25, -0.2) is 0 Å². The zero-order chi connectivity index (χ0) is 9.80. The molecule has 0 radical (unpaired) electrons. The third kappa shape index (κ3) is 2.24. The maximum atomic E-state index is 9.65. The van der Waals surface area contributed by atoms with Crippen LogP contribution < -0.4 is 0 Å². The number of rotatable bonds is 1. The van der Waals surface area contributed by atoms with Crippen LogP contribution in [0.1, 0.15) is 15.9 Å². The summed E-state index contributed by atoms with van der Waals surface area (Å²) >= 11 is 3.10. The zero-order valence-electron chi connectivity index (χ0n) is 7.31. The fraction of sp³-hybridized carbons (Fsp3) is 0.0909. The normalized spacial score (nSPS) is 11.8. The van der Waals surface area contributed by atoms with E-state index in [-0.39, 0.29) is 0 Å². The van der Waals surface area contributed by atoms with Gasteiger partial charge in [-0.05, 0) is 22.9 Å². The Morgan fingerprint density at radius 2 is 1.93 bits per heavy atom. The minimum atomic E-state index is -0.655. The standard InChI is InChI=1S/C11H8OS2/c12-10(11-4-2-8-14-11)6-5-9-3-1-7-13-9/h1-4,7-8,10,12H. The molecule has 1 nitrogen and oxygen atoms in total. The van der Waals surface area contributed by atoms with Gasteiger partial charge in [0.25, 0.3) is 0 Å². The lowest BCUT2D eigenvalue weighted by molar-refractivity contribution is 0.242. The van der Waals surface area contributed by atoms with Crippen LogP contribution in [-0.2, 0) is 0 Å². The average Bonchev–Trinajstić information content (AvgIpc) is 2.87. The molecule has 0 aliphatic rings. The molecule has 1 unspecified atom stereocenters. The van der Waals surface area contributed by atoms with Crippen LogP contribution in [0, 0.1) is 11.8 Å². The molecule has 2 rings (SSSR count). The molecule has 0 spiro atoms. The van der Waals surface area contributed by atoms with Crippen molar-refractivity contribution < 1.29 is 5.11 Å². The van der Waals surface area contributed by atoms with Crippen LogP contribution in [0.15, 0.2) is 35.0 Å². The van der Waals surface area contributed by atoms with Crippen molar-refractivity contribution in [1.29, 1.82) is 0 Å². The van der Waals surface area contributed by atoms with Crippen LogP contribution in [0.25, 0.3) is 0 Å². The Labute approximate surface area is 90.7 Å². The number of aliphatic hydroxyl groups excluding tert-OH is 1. The predicted molar refractivity (Wildman–Crippen MR) is 60.5 cm³/mol. The number of aliphatic hydroxyl groups is 1. The summed E-state index contributed by atoms with van der Waals surface area (Å²) in [7, 11) is 0. The van der Waals surface area contributed by atoms with Gasteiger partial charge >= 0.3 is 0 Å². The van der Waals surface area contributed by atoms with Crippen molar-refractivity contribution in [2.45, 2.75) is 6.10 Å². The summed E-state index contributed by atoms with van der Waals surface area (Å²) in [4.78, 5) is 1.88. The van der Waals surface area contributed by atoms with Gasteiger partial charge in [0, 0.05) is 4.88 Å². The molecule has 0 aromatic carbocycles. The van der Waals surface area contributed by atoms with Gasteiger partial charge < -0.3 is 5.11 Å². The lowest BCUT2D eigenvalue weighted by atomic mass is 10.3. The van der Waals surface area contributed by atoms with Crippen molar-refractivity contribution in [2.75, 3.05) is 0 Å². The Bertz CT molecular complexity index is 431.